The van der Waals surface area contributed by atoms with Crippen LogP contribution in [0.2, 0.25) is 0 Å². The van der Waals surface area contributed by atoms with E-state index in [1.54, 1.807) is 0 Å². The molecule has 0 atom stereocenters. The molecule has 1 radical (unpaired) electrons. The van der Waals surface area contributed by atoms with E-state index < -0.39 is 0 Å². The molecule has 0 unspecified atom stereocenters. The van der Waals surface area contributed by atoms with Crippen molar-refractivity contribution < 1.29 is 41.6 Å². The van der Waals surface area contributed by atoms with Crippen molar-refractivity contribution in [1.82, 2.24) is 0 Å². The predicted molar refractivity (Wildman–Crippen MR) is 11.6 cm³/mol. The van der Waals surface area contributed by atoms with Crippen molar-refractivity contribution in [3.63, 3.8) is 0 Å². The van der Waals surface area contributed by atoms with Crippen molar-refractivity contribution in [3.05, 3.63) is 0 Å². The Balaban J connectivity index is 0. The first kappa shape index (κ1) is 42.9. The average Bonchev–Trinajstić information content (AvgIpc) is 0. The molecule has 31 valence electrons. The minimum absolute atomic E-state index is 0. The van der Waals surface area contributed by atoms with Crippen LogP contribution in [0.5, 0.6) is 0 Å². The summed E-state index contributed by atoms with van der Waals surface area (Å²) in [6.45, 7) is 0. The maximum absolute atomic E-state index is 0. The Labute approximate surface area is 64.5 Å². The maximum atomic E-state index is 0. The molecule has 0 fully saturated rings. The summed E-state index contributed by atoms with van der Waals surface area (Å²) in [6.07, 6.45) is 0. The van der Waals surface area contributed by atoms with Gasteiger partial charge in [-0.15, -0.1) is 0 Å². The number of rotatable bonds is 0. The van der Waals surface area contributed by atoms with Crippen molar-refractivity contribution in [2.24, 2.45) is 0 Å². The molecule has 4 heteroatoms. The van der Waals surface area contributed by atoms with Gasteiger partial charge < -0.3 is 8.33 Å². The second-order valence-corrected chi connectivity index (χ2v) is 0. The molecule has 0 bridgehead atoms. The molecule has 0 heterocycles. The van der Waals surface area contributed by atoms with Crippen LogP contribution in [0.3, 0.4) is 0 Å². The molecule has 0 aromatic heterocycles. The third kappa shape index (κ3) is 9.29. The molecule has 1 nitrogen and oxygen atoms in total. The quantitative estimate of drug-likeness (QED) is 0.410. The Bertz CT molecular complexity index is 13.5. The molecule has 0 aromatic rings. The van der Waals surface area contributed by atoms with Gasteiger partial charge in [0.25, 0.3) is 0 Å². The SMILES string of the molecule is O.[Co].[H-].[H-].[Mg+2].[Ni]. The van der Waals surface area contributed by atoms with Gasteiger partial charge in [0.05, 0.1) is 0 Å². The van der Waals surface area contributed by atoms with E-state index in [1.807, 2.05) is 0 Å². The van der Waals surface area contributed by atoms with Gasteiger partial charge in [0.2, 0.25) is 0 Å². The van der Waals surface area contributed by atoms with Crippen LogP contribution in [0, 0.1) is 0 Å². The van der Waals surface area contributed by atoms with Crippen molar-refractivity contribution in [2.45, 2.75) is 0 Å². The van der Waals surface area contributed by atoms with Crippen LogP contribution < -0.4 is 0 Å². The summed E-state index contributed by atoms with van der Waals surface area (Å²) < 4.78 is 0. The third-order valence-corrected chi connectivity index (χ3v) is 0. The molecule has 0 saturated heterocycles. The smallest absolute Gasteiger partial charge is 1.00 e. The molecular formula is H4CoMgNiO. The first-order valence-corrected chi connectivity index (χ1v) is 0. The van der Waals surface area contributed by atoms with E-state index in [0.29, 0.717) is 0 Å². The summed E-state index contributed by atoms with van der Waals surface area (Å²) in [5, 5.41) is 0. The predicted octanol–water partition coefficient (Wildman–Crippen LogP) is -0.986. The fourth-order valence-corrected chi connectivity index (χ4v) is 0. The van der Waals surface area contributed by atoms with Gasteiger partial charge in [-0.3, -0.25) is 0 Å². The first-order valence-electron chi connectivity index (χ1n) is 0. The molecule has 4 heavy (non-hydrogen) atoms. The van der Waals surface area contributed by atoms with Gasteiger partial charge in [0.15, 0.2) is 0 Å². The van der Waals surface area contributed by atoms with E-state index in [9.17, 15) is 0 Å². The van der Waals surface area contributed by atoms with Gasteiger partial charge in [-0.1, -0.05) is 0 Å². The van der Waals surface area contributed by atoms with Crippen molar-refractivity contribution in [1.29, 1.82) is 0 Å². The van der Waals surface area contributed by atoms with Gasteiger partial charge in [0.1, 0.15) is 0 Å². The standard InChI is InChI=1S/Co.Mg.Ni.H2O.2H/h;;;1H2;;/q;+2;;;2*-1. The maximum Gasteiger partial charge on any atom is 2.00 e. The summed E-state index contributed by atoms with van der Waals surface area (Å²) in [5.41, 5.74) is 0. The molecule has 0 aliphatic carbocycles. The Hall–Kier alpha value is 1.73. The molecule has 2 N–H and O–H groups in total. The molecule has 0 rings (SSSR count). The van der Waals surface area contributed by atoms with Gasteiger partial charge in [-0.05, 0) is 0 Å². The van der Waals surface area contributed by atoms with Gasteiger partial charge in [0, 0.05) is 33.3 Å². The molecule has 0 aliphatic heterocycles. The number of hydrogen-bond acceptors (Lipinski definition) is 0. The summed E-state index contributed by atoms with van der Waals surface area (Å²) in [7, 11) is 0. The molecule has 0 aliphatic rings. The summed E-state index contributed by atoms with van der Waals surface area (Å²) in [6, 6.07) is 0. The van der Waals surface area contributed by atoms with E-state index in [2.05, 4.69) is 0 Å². The first-order chi connectivity index (χ1) is 0. The molecular weight excluding hydrogens is 158 g/mol. The minimum atomic E-state index is 0. The molecule has 0 spiro atoms. The fourth-order valence-electron chi connectivity index (χ4n) is 0. The van der Waals surface area contributed by atoms with E-state index in [1.165, 1.54) is 0 Å². The van der Waals surface area contributed by atoms with E-state index >= 15 is 0 Å². The molecule has 0 amide bonds. The Morgan fingerprint density at radius 3 is 1.25 bits per heavy atom. The van der Waals surface area contributed by atoms with Crippen LogP contribution >= 0.6 is 0 Å². The third-order valence-electron chi connectivity index (χ3n) is 0. The summed E-state index contributed by atoms with van der Waals surface area (Å²) in [5.74, 6) is 0. The van der Waals surface area contributed by atoms with Gasteiger partial charge in [-0.2, -0.15) is 0 Å². The monoisotopic (exact) mass is 161 g/mol. The Morgan fingerprint density at radius 2 is 1.25 bits per heavy atom. The van der Waals surface area contributed by atoms with Crippen LogP contribution in [-0.4, -0.2) is 28.5 Å². The van der Waals surface area contributed by atoms with Crippen molar-refractivity contribution >= 4 is 23.1 Å². The largest absolute Gasteiger partial charge is 2.00 e. The topological polar surface area (TPSA) is 31.5 Å². The normalized spacial score (nSPS) is 0. The average molecular weight is 162 g/mol. The van der Waals surface area contributed by atoms with E-state index in [0.717, 1.165) is 0 Å². The Kier molecular flexibility index (Phi) is 236. The van der Waals surface area contributed by atoms with Gasteiger partial charge in [-0.25, -0.2) is 0 Å². The summed E-state index contributed by atoms with van der Waals surface area (Å²) in [4.78, 5) is 0. The zero-order chi connectivity index (χ0) is 0. The minimum Gasteiger partial charge on any atom is -1.00 e. The van der Waals surface area contributed by atoms with E-state index in [-0.39, 0.29) is 64.7 Å². The number of hydrogen-bond donors (Lipinski definition) is 0. The second-order valence-electron chi connectivity index (χ2n) is 0. The molecule has 0 saturated carbocycles. The van der Waals surface area contributed by atoms with Crippen LogP contribution in [0.25, 0.3) is 0 Å². The fraction of sp³-hybridized carbons (Fsp3) is 0. The van der Waals surface area contributed by atoms with Crippen LogP contribution in [-0.2, 0) is 33.3 Å². The van der Waals surface area contributed by atoms with Gasteiger partial charge >= 0.3 is 23.1 Å². The van der Waals surface area contributed by atoms with Crippen LogP contribution in [0.1, 0.15) is 2.85 Å². The zero-order valence-electron chi connectivity index (χ0n) is 3.86. The van der Waals surface area contributed by atoms with Crippen LogP contribution in [0.4, 0.5) is 0 Å². The van der Waals surface area contributed by atoms with Crippen molar-refractivity contribution in [2.75, 3.05) is 0 Å². The van der Waals surface area contributed by atoms with Crippen molar-refractivity contribution in [3.8, 4) is 0 Å². The Morgan fingerprint density at radius 1 is 1.25 bits per heavy atom. The van der Waals surface area contributed by atoms with E-state index in [4.69, 9.17) is 0 Å². The summed E-state index contributed by atoms with van der Waals surface area (Å²) >= 11 is 0. The second kappa shape index (κ2) is 22.0. The zero-order valence-corrected chi connectivity index (χ0v) is 5.30. The molecule has 0 aromatic carbocycles. The van der Waals surface area contributed by atoms with Crippen LogP contribution in [0.15, 0.2) is 0 Å².